The Kier molecular flexibility index (Phi) is 5.66. The maximum absolute atomic E-state index is 12.0. The van der Waals surface area contributed by atoms with Crippen LogP contribution in [0.25, 0.3) is 12.2 Å². The van der Waals surface area contributed by atoms with Gasteiger partial charge in [0, 0.05) is 24.0 Å². The van der Waals surface area contributed by atoms with Gasteiger partial charge in [0.1, 0.15) is 17.2 Å². The van der Waals surface area contributed by atoms with Crippen LogP contribution >= 0.6 is 0 Å². The van der Waals surface area contributed by atoms with E-state index in [4.69, 9.17) is 0 Å². The van der Waals surface area contributed by atoms with Gasteiger partial charge in [-0.25, -0.2) is 5.43 Å². The number of rotatable bonds is 5. The predicted molar refractivity (Wildman–Crippen MR) is 106 cm³/mol. The minimum absolute atomic E-state index is 0.112. The topological polar surface area (TPSA) is 115 Å². The predicted octanol–water partition coefficient (Wildman–Crippen LogP) is 3.13. The number of amides is 1. The SMILES string of the molecule is O=C(N/N=C\c1c(O)cc(O)cc1/C=C/c1ccc(O)cc1)c1cccnc1. The number of phenolic OH excluding ortho intramolecular Hbond substituents is 3. The average Bonchev–Trinajstić information content (AvgIpc) is 2.69. The lowest BCUT2D eigenvalue weighted by molar-refractivity contribution is 0.0954. The van der Waals surface area contributed by atoms with Gasteiger partial charge in [-0.15, -0.1) is 0 Å². The van der Waals surface area contributed by atoms with Gasteiger partial charge in [0.25, 0.3) is 5.91 Å². The summed E-state index contributed by atoms with van der Waals surface area (Å²) in [6.07, 6.45) is 7.69. The zero-order valence-electron chi connectivity index (χ0n) is 14.6. The first-order valence-electron chi connectivity index (χ1n) is 8.29. The standard InChI is InChI=1S/C21H17N3O4/c25-17-7-4-14(5-8-17)3-6-15-10-18(26)11-20(27)19(15)13-23-24-21(28)16-2-1-9-22-12-16/h1-13,25-27H,(H,24,28)/b6-3+,23-13-. The first-order chi connectivity index (χ1) is 13.5. The van der Waals surface area contributed by atoms with Crippen LogP contribution in [-0.4, -0.2) is 32.4 Å². The number of carbonyl (C=O) groups excluding carboxylic acids is 1. The van der Waals surface area contributed by atoms with Crippen LogP contribution in [0.3, 0.4) is 0 Å². The summed E-state index contributed by atoms with van der Waals surface area (Å²) in [5, 5.41) is 33.1. The van der Waals surface area contributed by atoms with Gasteiger partial charge in [-0.05, 0) is 41.5 Å². The van der Waals surface area contributed by atoms with E-state index in [1.54, 1.807) is 54.7 Å². The zero-order valence-corrected chi connectivity index (χ0v) is 14.6. The van der Waals surface area contributed by atoms with Crippen LogP contribution in [-0.2, 0) is 0 Å². The lowest BCUT2D eigenvalue weighted by atomic mass is 10.0. The van der Waals surface area contributed by atoms with Crippen molar-refractivity contribution in [2.75, 3.05) is 0 Å². The summed E-state index contributed by atoms with van der Waals surface area (Å²) in [5.74, 6) is -0.586. The van der Waals surface area contributed by atoms with Crippen molar-refractivity contribution in [2.24, 2.45) is 5.10 Å². The molecule has 7 nitrogen and oxygen atoms in total. The summed E-state index contributed by atoms with van der Waals surface area (Å²) in [7, 11) is 0. The summed E-state index contributed by atoms with van der Waals surface area (Å²) >= 11 is 0. The number of nitrogens with zero attached hydrogens (tertiary/aromatic N) is 2. The quantitative estimate of drug-likeness (QED) is 0.311. The normalized spacial score (nSPS) is 11.1. The number of pyridine rings is 1. The molecule has 28 heavy (non-hydrogen) atoms. The molecule has 0 saturated carbocycles. The number of carbonyl (C=O) groups is 1. The molecular formula is C21H17N3O4. The Morgan fingerprint density at radius 3 is 2.50 bits per heavy atom. The highest BCUT2D eigenvalue weighted by Crippen LogP contribution is 2.27. The Labute approximate surface area is 160 Å². The molecule has 0 aliphatic heterocycles. The van der Waals surface area contributed by atoms with Gasteiger partial charge in [0.05, 0.1) is 11.8 Å². The second-order valence-electron chi connectivity index (χ2n) is 5.83. The van der Waals surface area contributed by atoms with Crippen molar-refractivity contribution in [3.63, 3.8) is 0 Å². The maximum atomic E-state index is 12.0. The van der Waals surface area contributed by atoms with E-state index in [-0.39, 0.29) is 17.2 Å². The number of hydrazone groups is 1. The number of phenols is 3. The molecule has 0 unspecified atom stereocenters. The fraction of sp³-hybridized carbons (Fsp3) is 0. The van der Waals surface area contributed by atoms with Crippen molar-refractivity contribution < 1.29 is 20.1 Å². The summed E-state index contributed by atoms with van der Waals surface area (Å²) in [4.78, 5) is 15.9. The Morgan fingerprint density at radius 2 is 1.79 bits per heavy atom. The molecule has 0 radical (unpaired) electrons. The van der Waals surface area contributed by atoms with Crippen LogP contribution in [0.5, 0.6) is 17.2 Å². The number of aromatic hydroxyl groups is 3. The zero-order chi connectivity index (χ0) is 19.9. The molecule has 2 aromatic carbocycles. The van der Waals surface area contributed by atoms with Crippen LogP contribution in [0, 0.1) is 0 Å². The third kappa shape index (κ3) is 4.73. The van der Waals surface area contributed by atoms with Gasteiger partial charge in [0.2, 0.25) is 0 Å². The Hall–Kier alpha value is -4.13. The Balaban J connectivity index is 1.82. The first kappa shape index (κ1) is 18.7. The van der Waals surface area contributed by atoms with Crippen molar-refractivity contribution in [3.8, 4) is 17.2 Å². The summed E-state index contributed by atoms with van der Waals surface area (Å²) in [6.45, 7) is 0. The molecule has 0 atom stereocenters. The van der Waals surface area contributed by atoms with E-state index >= 15 is 0 Å². The van der Waals surface area contributed by atoms with Crippen molar-refractivity contribution >= 4 is 24.3 Å². The van der Waals surface area contributed by atoms with Gasteiger partial charge in [-0.1, -0.05) is 24.3 Å². The summed E-state index contributed by atoms with van der Waals surface area (Å²) < 4.78 is 0. The van der Waals surface area contributed by atoms with E-state index in [0.717, 1.165) is 5.56 Å². The Morgan fingerprint density at radius 1 is 1.00 bits per heavy atom. The molecule has 0 bridgehead atoms. The van der Waals surface area contributed by atoms with Crippen LogP contribution < -0.4 is 5.43 Å². The molecule has 3 rings (SSSR count). The van der Waals surface area contributed by atoms with Gasteiger partial charge in [-0.3, -0.25) is 9.78 Å². The molecule has 4 N–H and O–H groups in total. The first-order valence-corrected chi connectivity index (χ1v) is 8.29. The second kappa shape index (κ2) is 8.50. The smallest absolute Gasteiger partial charge is 0.272 e. The van der Waals surface area contributed by atoms with E-state index in [1.165, 1.54) is 24.5 Å². The number of aromatic nitrogens is 1. The molecular weight excluding hydrogens is 358 g/mol. The molecule has 0 fully saturated rings. The second-order valence-corrected chi connectivity index (χ2v) is 5.83. The van der Waals surface area contributed by atoms with E-state index in [9.17, 15) is 20.1 Å². The fourth-order valence-corrected chi connectivity index (χ4v) is 2.41. The van der Waals surface area contributed by atoms with E-state index < -0.39 is 5.91 Å². The number of benzene rings is 2. The molecule has 7 heteroatoms. The number of hydrogen-bond acceptors (Lipinski definition) is 6. The maximum Gasteiger partial charge on any atom is 0.272 e. The number of nitrogens with one attached hydrogen (secondary N) is 1. The van der Waals surface area contributed by atoms with Gasteiger partial charge in [-0.2, -0.15) is 5.10 Å². The monoisotopic (exact) mass is 375 g/mol. The average molecular weight is 375 g/mol. The van der Waals surface area contributed by atoms with E-state index in [0.29, 0.717) is 16.7 Å². The highest BCUT2D eigenvalue weighted by atomic mass is 16.3. The van der Waals surface area contributed by atoms with Crippen molar-refractivity contribution in [2.45, 2.75) is 0 Å². The van der Waals surface area contributed by atoms with Gasteiger partial charge in [0.15, 0.2) is 0 Å². The van der Waals surface area contributed by atoms with E-state index in [2.05, 4.69) is 15.5 Å². The molecule has 1 aromatic heterocycles. The van der Waals surface area contributed by atoms with Crippen molar-refractivity contribution in [3.05, 3.63) is 83.2 Å². The molecule has 0 aliphatic carbocycles. The number of hydrogen-bond donors (Lipinski definition) is 4. The largest absolute Gasteiger partial charge is 0.508 e. The minimum atomic E-state index is -0.441. The van der Waals surface area contributed by atoms with Crippen molar-refractivity contribution in [1.82, 2.24) is 10.4 Å². The molecule has 3 aromatic rings. The fourth-order valence-electron chi connectivity index (χ4n) is 2.41. The highest BCUT2D eigenvalue weighted by Gasteiger charge is 2.08. The third-order valence-corrected chi connectivity index (χ3v) is 3.81. The highest BCUT2D eigenvalue weighted by molar-refractivity contribution is 5.96. The molecule has 0 aliphatic rings. The molecule has 1 heterocycles. The molecule has 1 amide bonds. The van der Waals surface area contributed by atoms with Crippen LogP contribution in [0.15, 0.2) is 66.0 Å². The third-order valence-electron chi connectivity index (χ3n) is 3.81. The summed E-state index contributed by atoms with van der Waals surface area (Å²) in [6, 6.07) is 12.4. The van der Waals surface area contributed by atoms with Gasteiger partial charge >= 0.3 is 0 Å². The summed E-state index contributed by atoms with van der Waals surface area (Å²) in [5.41, 5.74) is 4.33. The van der Waals surface area contributed by atoms with Crippen LogP contribution in [0.4, 0.5) is 0 Å². The van der Waals surface area contributed by atoms with Crippen molar-refractivity contribution in [1.29, 1.82) is 0 Å². The van der Waals surface area contributed by atoms with Crippen LogP contribution in [0.1, 0.15) is 27.0 Å². The minimum Gasteiger partial charge on any atom is -0.508 e. The van der Waals surface area contributed by atoms with Gasteiger partial charge < -0.3 is 15.3 Å². The molecule has 0 saturated heterocycles. The van der Waals surface area contributed by atoms with E-state index in [1.807, 2.05) is 0 Å². The Bertz CT molecular complexity index is 1030. The lowest BCUT2D eigenvalue weighted by Gasteiger charge is -2.06. The molecule has 140 valence electrons. The van der Waals surface area contributed by atoms with Crippen LogP contribution in [0.2, 0.25) is 0 Å². The lowest BCUT2D eigenvalue weighted by Crippen LogP contribution is -2.17. The molecule has 0 spiro atoms.